The summed E-state index contributed by atoms with van der Waals surface area (Å²) >= 11 is 0. The number of amides is 4. The van der Waals surface area contributed by atoms with Gasteiger partial charge in [0.1, 0.15) is 31.4 Å². The van der Waals surface area contributed by atoms with Gasteiger partial charge in [0, 0.05) is 12.8 Å². The average Bonchev–Trinajstić information content (AvgIpc) is 3.77. The molecular formula is C46H54N6O11S. The van der Waals surface area contributed by atoms with Crippen LogP contribution in [0.3, 0.4) is 0 Å². The monoisotopic (exact) mass is 898 g/mol. The molecule has 0 heterocycles. The Morgan fingerprint density at radius 3 is 1.75 bits per heavy atom. The summed E-state index contributed by atoms with van der Waals surface area (Å²) in [6.45, 7) is -0.0409. The van der Waals surface area contributed by atoms with Gasteiger partial charge in [0.2, 0.25) is 5.91 Å². The zero-order valence-electron chi connectivity index (χ0n) is 35.4. The number of alkyl carbamates (subject to hydrolysis) is 2. The second kappa shape index (κ2) is 23.6. The third-order valence-corrected chi connectivity index (χ3v) is 11.6. The van der Waals surface area contributed by atoms with Crippen LogP contribution in [0.5, 0.6) is 0 Å². The predicted molar refractivity (Wildman–Crippen MR) is 235 cm³/mol. The van der Waals surface area contributed by atoms with Crippen molar-refractivity contribution >= 4 is 45.8 Å². The number of sulfone groups is 1. The summed E-state index contributed by atoms with van der Waals surface area (Å²) in [7, 11) is -3.51. The van der Waals surface area contributed by atoms with Crippen LogP contribution < -0.4 is 26.6 Å². The molecule has 1 saturated carbocycles. The molecule has 64 heavy (non-hydrogen) atoms. The van der Waals surface area contributed by atoms with Crippen molar-refractivity contribution in [2.45, 2.75) is 93.4 Å². The second-order valence-corrected chi connectivity index (χ2v) is 17.4. The van der Waals surface area contributed by atoms with Gasteiger partial charge in [0.15, 0.2) is 21.9 Å². The number of carbonyl (C=O) groups excluding carboxylic acids is 5. The van der Waals surface area contributed by atoms with Crippen LogP contribution >= 0.6 is 0 Å². The Bertz CT molecular complexity index is 2290. The van der Waals surface area contributed by atoms with Crippen molar-refractivity contribution in [3.05, 3.63) is 138 Å². The molecule has 18 heteroatoms. The first kappa shape index (κ1) is 48.2. The van der Waals surface area contributed by atoms with E-state index in [4.69, 9.17) is 19.6 Å². The van der Waals surface area contributed by atoms with Crippen molar-refractivity contribution in [1.29, 1.82) is 5.41 Å². The standard InChI is InChI=1S/C46H54N6O11S/c1-64(59,60)36-23-21-32(22-24-36)28-38(50-44(57)62-30-34-16-7-3-8-17-34)39(53)40(54)52-46(25-11-12-26-46)42(56)49-37(41(55)61-29-33-14-5-2-6-15-33)20-13-27-48-43(47)51-45(58)63-31-35-18-9-4-10-19-35/h2-10,14-19,21-24,37-39,53H,11-13,20,25-31H2,1H3,(H,49,56)(H,50,57)(H,52,54)(H3,47,48,51,58)/t37-,38+,39-/m0/s1. The maximum atomic E-state index is 14.2. The number of aliphatic hydroxyl groups is 1. The lowest BCUT2D eigenvalue weighted by molar-refractivity contribution is -0.150. The van der Waals surface area contributed by atoms with E-state index in [1.165, 1.54) is 24.3 Å². The van der Waals surface area contributed by atoms with Crippen molar-refractivity contribution in [3.8, 4) is 0 Å². The zero-order chi connectivity index (χ0) is 46.0. The van der Waals surface area contributed by atoms with E-state index in [9.17, 15) is 37.5 Å². The van der Waals surface area contributed by atoms with Gasteiger partial charge in [-0.1, -0.05) is 116 Å². The molecule has 17 nitrogen and oxygen atoms in total. The fraction of sp³-hybridized carbons (Fsp3) is 0.348. The number of rotatable bonds is 20. The highest BCUT2D eigenvalue weighted by molar-refractivity contribution is 7.90. The molecule has 4 aromatic carbocycles. The highest BCUT2D eigenvalue weighted by Gasteiger charge is 2.45. The van der Waals surface area contributed by atoms with Crippen molar-refractivity contribution in [3.63, 3.8) is 0 Å². The molecule has 0 spiro atoms. The fourth-order valence-electron chi connectivity index (χ4n) is 6.96. The molecule has 0 bridgehead atoms. The van der Waals surface area contributed by atoms with E-state index < -0.39 is 63.5 Å². The SMILES string of the molecule is CS(=O)(=O)c1ccc(C[C@@H](NC(=O)OCc2ccccc2)[C@H](O)C(=O)NC2(C(=O)N[C@@H](CCCNC(=N)NC(=O)OCc3ccccc3)C(=O)OCc3ccccc3)CCCC2)cc1. The highest BCUT2D eigenvalue weighted by atomic mass is 32.2. The van der Waals surface area contributed by atoms with Crippen molar-refractivity contribution in [2.75, 3.05) is 12.8 Å². The van der Waals surface area contributed by atoms with E-state index in [0.717, 1.165) is 11.8 Å². The summed E-state index contributed by atoms with van der Waals surface area (Å²) in [5.74, 6) is -2.73. The van der Waals surface area contributed by atoms with Gasteiger partial charge in [-0.15, -0.1) is 0 Å². The first-order valence-electron chi connectivity index (χ1n) is 20.8. The number of nitrogens with one attached hydrogen (secondary N) is 6. The van der Waals surface area contributed by atoms with Crippen LogP contribution in [0.25, 0.3) is 0 Å². The van der Waals surface area contributed by atoms with E-state index in [1.807, 2.05) is 12.1 Å². The van der Waals surface area contributed by atoms with Crippen LogP contribution in [0.2, 0.25) is 0 Å². The second-order valence-electron chi connectivity index (χ2n) is 15.4. The molecule has 0 unspecified atom stereocenters. The minimum absolute atomic E-state index is 0.0119. The number of benzene rings is 4. The fourth-order valence-corrected chi connectivity index (χ4v) is 7.59. The number of esters is 1. The van der Waals surface area contributed by atoms with Gasteiger partial charge in [-0.05, 0) is 66.5 Å². The van der Waals surface area contributed by atoms with Crippen LogP contribution in [0, 0.1) is 5.41 Å². The Balaban J connectivity index is 1.24. The highest BCUT2D eigenvalue weighted by Crippen LogP contribution is 2.31. The van der Waals surface area contributed by atoms with E-state index in [1.54, 1.807) is 78.9 Å². The summed E-state index contributed by atoms with van der Waals surface area (Å²) in [5.41, 5.74) is 1.13. The molecule has 5 rings (SSSR count). The van der Waals surface area contributed by atoms with Crippen molar-refractivity contribution in [2.24, 2.45) is 0 Å². The molecule has 4 amide bonds. The van der Waals surface area contributed by atoms with Gasteiger partial charge in [-0.2, -0.15) is 0 Å². The number of guanidine groups is 1. The zero-order valence-corrected chi connectivity index (χ0v) is 36.2. The molecule has 0 radical (unpaired) electrons. The average molecular weight is 899 g/mol. The molecule has 4 aromatic rings. The quantitative estimate of drug-likeness (QED) is 0.0217. The maximum absolute atomic E-state index is 14.2. The van der Waals surface area contributed by atoms with Crippen LogP contribution in [-0.4, -0.2) is 86.0 Å². The Hall–Kier alpha value is -6.79. The van der Waals surface area contributed by atoms with Crippen LogP contribution in [-0.2, 0) is 64.7 Å². The largest absolute Gasteiger partial charge is 0.459 e. The van der Waals surface area contributed by atoms with Gasteiger partial charge in [-0.25, -0.2) is 22.8 Å². The summed E-state index contributed by atoms with van der Waals surface area (Å²) in [6.07, 6.45) is -1.03. The van der Waals surface area contributed by atoms with E-state index in [-0.39, 0.29) is 69.3 Å². The number of carbonyl (C=O) groups is 5. The summed E-state index contributed by atoms with van der Waals surface area (Å²) < 4.78 is 40.3. The first-order valence-corrected chi connectivity index (χ1v) is 22.7. The summed E-state index contributed by atoms with van der Waals surface area (Å²) in [4.78, 5) is 67.1. The Labute approximate surface area is 372 Å². The van der Waals surface area contributed by atoms with Crippen molar-refractivity contribution in [1.82, 2.24) is 26.6 Å². The minimum atomic E-state index is -3.51. The Kier molecular flexibility index (Phi) is 17.8. The van der Waals surface area contributed by atoms with Gasteiger partial charge in [0.05, 0.1) is 10.9 Å². The minimum Gasteiger partial charge on any atom is -0.459 e. The number of ether oxygens (including phenoxy) is 3. The molecule has 1 aliphatic rings. The van der Waals surface area contributed by atoms with Gasteiger partial charge >= 0.3 is 18.2 Å². The van der Waals surface area contributed by atoms with Gasteiger partial charge < -0.3 is 40.6 Å². The van der Waals surface area contributed by atoms with Crippen LogP contribution in [0.15, 0.2) is 120 Å². The van der Waals surface area contributed by atoms with Crippen LogP contribution in [0.4, 0.5) is 9.59 Å². The topological polar surface area (TPSA) is 251 Å². The number of hydrogen-bond acceptors (Lipinski definition) is 12. The molecular weight excluding hydrogens is 845 g/mol. The third kappa shape index (κ3) is 15.2. The molecule has 1 fully saturated rings. The number of aliphatic hydroxyl groups excluding tert-OH is 1. The number of hydrogen-bond donors (Lipinski definition) is 7. The lowest BCUT2D eigenvalue weighted by Crippen LogP contribution is -2.63. The van der Waals surface area contributed by atoms with E-state index in [2.05, 4.69) is 26.6 Å². The van der Waals surface area contributed by atoms with Gasteiger partial charge in [0.25, 0.3) is 5.91 Å². The Morgan fingerprint density at radius 1 is 0.703 bits per heavy atom. The normalized spacial score (nSPS) is 14.4. The molecule has 1 aliphatic carbocycles. The van der Waals surface area contributed by atoms with Crippen LogP contribution in [0.1, 0.15) is 60.8 Å². The van der Waals surface area contributed by atoms with E-state index in [0.29, 0.717) is 29.5 Å². The lowest BCUT2D eigenvalue weighted by Gasteiger charge is -2.33. The summed E-state index contributed by atoms with van der Waals surface area (Å²) in [5, 5.41) is 32.7. The lowest BCUT2D eigenvalue weighted by atomic mass is 9.93. The molecule has 0 aromatic heterocycles. The Morgan fingerprint density at radius 2 is 1.22 bits per heavy atom. The van der Waals surface area contributed by atoms with Crippen molar-refractivity contribution < 1.29 is 51.7 Å². The smallest absolute Gasteiger partial charge is 0.414 e. The first-order chi connectivity index (χ1) is 30.7. The molecule has 0 saturated heterocycles. The molecule has 7 N–H and O–H groups in total. The molecule has 3 atom stereocenters. The predicted octanol–water partition coefficient (Wildman–Crippen LogP) is 4.18. The van der Waals surface area contributed by atoms with Gasteiger partial charge in [-0.3, -0.25) is 20.3 Å². The maximum Gasteiger partial charge on any atom is 0.414 e. The molecule has 0 aliphatic heterocycles. The third-order valence-electron chi connectivity index (χ3n) is 10.5. The van der Waals surface area contributed by atoms with E-state index >= 15 is 0 Å². The molecule has 340 valence electrons. The summed E-state index contributed by atoms with van der Waals surface area (Å²) in [6, 6.07) is 30.1.